The molecule has 0 aliphatic heterocycles. The average molecular weight is 296 g/mol. The molecule has 0 rings (SSSR count). The molecule has 0 amide bonds. The van der Waals surface area contributed by atoms with Gasteiger partial charge in [-0.3, -0.25) is 0 Å². The van der Waals surface area contributed by atoms with E-state index < -0.39 is 18.0 Å². The van der Waals surface area contributed by atoms with Crippen molar-refractivity contribution < 1.29 is 19.1 Å². The first kappa shape index (κ1) is 24.0. The van der Waals surface area contributed by atoms with E-state index in [1.165, 1.54) is 0 Å². The van der Waals surface area contributed by atoms with E-state index in [2.05, 4.69) is 26.3 Å². The van der Waals surface area contributed by atoms with Crippen LogP contribution in [0.15, 0.2) is 49.6 Å². The predicted octanol–water partition coefficient (Wildman–Crippen LogP) is 4.00. The zero-order valence-electron chi connectivity index (χ0n) is 13.9. The molecule has 0 aliphatic carbocycles. The van der Waals surface area contributed by atoms with Crippen LogP contribution in [-0.2, 0) is 19.1 Å². The van der Waals surface area contributed by atoms with Crippen molar-refractivity contribution in [3.63, 3.8) is 0 Å². The van der Waals surface area contributed by atoms with Crippen LogP contribution in [0.2, 0.25) is 0 Å². The molecule has 4 nitrogen and oxygen atoms in total. The summed E-state index contributed by atoms with van der Waals surface area (Å²) in [5.41, 5.74) is 0.626. The lowest BCUT2D eigenvalue weighted by atomic mass is 10.3. The van der Waals surface area contributed by atoms with Gasteiger partial charge in [0.15, 0.2) is 0 Å². The highest BCUT2D eigenvalue weighted by Gasteiger charge is 2.12. The van der Waals surface area contributed by atoms with Crippen molar-refractivity contribution in [1.29, 1.82) is 0 Å². The van der Waals surface area contributed by atoms with Gasteiger partial charge in [0.25, 0.3) is 0 Å². The van der Waals surface area contributed by atoms with Gasteiger partial charge in [-0.1, -0.05) is 25.3 Å². The van der Waals surface area contributed by atoms with E-state index in [9.17, 15) is 9.59 Å². The highest BCUT2D eigenvalue weighted by atomic mass is 16.6. The number of ether oxygens (including phenoxy) is 2. The maximum absolute atomic E-state index is 11.1. The van der Waals surface area contributed by atoms with Crippen LogP contribution in [0.3, 0.4) is 0 Å². The van der Waals surface area contributed by atoms with Gasteiger partial charge in [-0.05, 0) is 34.6 Å². The highest BCUT2D eigenvalue weighted by molar-refractivity contribution is 5.87. The Morgan fingerprint density at radius 3 is 1.62 bits per heavy atom. The van der Waals surface area contributed by atoms with E-state index in [-0.39, 0.29) is 6.61 Å². The first-order valence-electron chi connectivity index (χ1n) is 6.50. The van der Waals surface area contributed by atoms with E-state index in [1.54, 1.807) is 32.9 Å². The molecule has 0 spiro atoms. The third-order valence-electron chi connectivity index (χ3n) is 1.45. The molecule has 0 aliphatic rings. The van der Waals surface area contributed by atoms with Crippen LogP contribution in [0.1, 0.15) is 34.6 Å². The van der Waals surface area contributed by atoms with Crippen molar-refractivity contribution in [2.45, 2.75) is 40.7 Å². The predicted molar refractivity (Wildman–Crippen MR) is 87.9 cm³/mol. The van der Waals surface area contributed by atoms with E-state index in [4.69, 9.17) is 9.47 Å². The highest BCUT2D eigenvalue weighted by Crippen LogP contribution is 2.00. The summed E-state index contributed by atoms with van der Waals surface area (Å²) in [7, 11) is 0. The van der Waals surface area contributed by atoms with Crippen molar-refractivity contribution >= 4 is 11.9 Å². The van der Waals surface area contributed by atoms with Crippen LogP contribution >= 0.6 is 0 Å². The first-order valence-corrected chi connectivity index (χ1v) is 6.50. The molecule has 0 aromatic rings. The number of carbonyl (C=O) groups excluding carboxylic acids is 2. The largest absolute Gasteiger partial charge is 0.458 e. The zero-order valence-corrected chi connectivity index (χ0v) is 13.9. The van der Waals surface area contributed by atoms with Crippen molar-refractivity contribution in [2.75, 3.05) is 6.61 Å². The van der Waals surface area contributed by atoms with Crippen LogP contribution in [-0.4, -0.2) is 24.6 Å². The van der Waals surface area contributed by atoms with Gasteiger partial charge in [0.2, 0.25) is 0 Å². The smallest absolute Gasteiger partial charge is 0.333 e. The molecule has 0 radical (unpaired) electrons. The minimum Gasteiger partial charge on any atom is -0.458 e. The fourth-order valence-corrected chi connectivity index (χ4v) is 0.634. The number of hydrogen-bond acceptors (Lipinski definition) is 4. The number of hydrogen-bond donors (Lipinski definition) is 0. The molecule has 120 valence electrons. The number of rotatable bonds is 5. The van der Waals surface area contributed by atoms with E-state index in [1.807, 2.05) is 13.8 Å². The molecule has 1 atom stereocenters. The molecule has 0 N–H and O–H groups in total. The van der Waals surface area contributed by atoms with Crippen LogP contribution in [0, 0.1) is 0 Å². The summed E-state index contributed by atoms with van der Waals surface area (Å²) in [5, 5.41) is 0. The second kappa shape index (κ2) is 16.0. The van der Waals surface area contributed by atoms with Gasteiger partial charge < -0.3 is 9.47 Å². The van der Waals surface area contributed by atoms with Crippen LogP contribution < -0.4 is 0 Å². The Balaban J connectivity index is -0.000000460. The summed E-state index contributed by atoms with van der Waals surface area (Å²) in [5.74, 6) is -0.984. The minimum atomic E-state index is -0.492. The molecule has 0 aromatic heterocycles. The van der Waals surface area contributed by atoms with Crippen LogP contribution in [0.25, 0.3) is 0 Å². The normalized spacial score (nSPS) is 9.38. The maximum Gasteiger partial charge on any atom is 0.333 e. The molecular weight excluding hydrogens is 268 g/mol. The molecule has 0 saturated carbocycles. The minimum absolute atomic E-state index is 0.0186. The monoisotopic (exact) mass is 296 g/mol. The molecule has 4 heteroatoms. The van der Waals surface area contributed by atoms with E-state index in [0.717, 1.165) is 0 Å². The molecule has 0 heterocycles. The summed E-state index contributed by atoms with van der Waals surface area (Å²) in [6.07, 6.45) is 3.01. The lowest BCUT2D eigenvalue weighted by Gasteiger charge is -2.13. The Morgan fingerprint density at radius 2 is 1.33 bits per heavy atom. The van der Waals surface area contributed by atoms with Gasteiger partial charge >= 0.3 is 11.9 Å². The lowest BCUT2D eigenvalue weighted by molar-refractivity contribution is -0.152. The molecule has 0 saturated heterocycles. The van der Waals surface area contributed by atoms with Crippen molar-refractivity contribution in [3.05, 3.63) is 49.6 Å². The second-order valence-electron chi connectivity index (χ2n) is 4.19. The van der Waals surface area contributed by atoms with E-state index >= 15 is 0 Å². The van der Waals surface area contributed by atoms with Gasteiger partial charge in [-0.15, -0.1) is 13.2 Å². The Labute approximate surface area is 128 Å². The Kier molecular flexibility index (Phi) is 18.2. The van der Waals surface area contributed by atoms with Crippen molar-refractivity contribution in [1.82, 2.24) is 0 Å². The quantitative estimate of drug-likeness (QED) is 0.437. The summed E-state index contributed by atoms with van der Waals surface area (Å²) >= 11 is 0. The maximum atomic E-state index is 11.1. The topological polar surface area (TPSA) is 52.6 Å². The van der Waals surface area contributed by atoms with Gasteiger partial charge in [0.05, 0.1) is 0 Å². The summed E-state index contributed by atoms with van der Waals surface area (Å²) in [4.78, 5) is 22.0. The molecule has 0 bridgehead atoms. The summed E-state index contributed by atoms with van der Waals surface area (Å²) in [6, 6.07) is 0. The Hall–Kier alpha value is -2.10. The Bertz CT molecular complexity index is 361. The number of carbonyl (C=O) groups is 2. The number of allylic oxidation sites excluding steroid dienone is 2. The van der Waals surface area contributed by atoms with Gasteiger partial charge in [-0.25, -0.2) is 9.59 Å². The second-order valence-corrected chi connectivity index (χ2v) is 4.19. The fourth-order valence-electron chi connectivity index (χ4n) is 0.634. The summed E-state index contributed by atoms with van der Waals surface area (Å²) in [6.45, 7) is 22.1. The molecule has 21 heavy (non-hydrogen) atoms. The zero-order chi connectivity index (χ0) is 17.4. The SMILES string of the molecule is C=C(C)C(=O)OCC(C)OC(=O)C(=C)C.C=CC.C=CC. The first-order chi connectivity index (χ1) is 9.67. The fraction of sp³-hybridized carbons (Fsp3) is 0.412. The van der Waals surface area contributed by atoms with Crippen LogP contribution in [0.5, 0.6) is 0 Å². The van der Waals surface area contributed by atoms with E-state index in [0.29, 0.717) is 11.1 Å². The number of esters is 2. The summed E-state index contributed by atoms with van der Waals surface area (Å²) < 4.78 is 9.70. The van der Waals surface area contributed by atoms with Gasteiger partial charge in [0.1, 0.15) is 12.7 Å². The molecule has 0 aromatic carbocycles. The van der Waals surface area contributed by atoms with Gasteiger partial charge in [0, 0.05) is 11.1 Å². The third-order valence-corrected chi connectivity index (χ3v) is 1.45. The molecule has 1 unspecified atom stereocenters. The average Bonchev–Trinajstić information content (AvgIpc) is 2.37. The third kappa shape index (κ3) is 20.4. The van der Waals surface area contributed by atoms with Crippen molar-refractivity contribution in [3.8, 4) is 0 Å². The molecule has 0 fully saturated rings. The van der Waals surface area contributed by atoms with Crippen LogP contribution in [0.4, 0.5) is 0 Å². The lowest BCUT2D eigenvalue weighted by Crippen LogP contribution is -2.22. The standard InChI is InChI=1S/C11H16O4.2C3H6/c1-7(2)10(12)14-6-9(5)15-11(13)8(3)4;2*1-3-2/h9H,1,3,6H2,2,4-5H3;2*3H,1H2,2H3. The molecular formula is C17H28O4. The van der Waals surface area contributed by atoms with Crippen molar-refractivity contribution in [2.24, 2.45) is 0 Å². The Morgan fingerprint density at radius 1 is 1.00 bits per heavy atom. The van der Waals surface area contributed by atoms with Gasteiger partial charge in [-0.2, -0.15) is 0 Å².